The highest BCUT2D eigenvalue weighted by Gasteiger charge is 2.18. The van der Waals surface area contributed by atoms with Gasteiger partial charge in [0.15, 0.2) is 0 Å². The summed E-state index contributed by atoms with van der Waals surface area (Å²) in [5.41, 5.74) is 3.70. The lowest BCUT2D eigenvalue weighted by atomic mass is 9.99. The van der Waals surface area contributed by atoms with Gasteiger partial charge in [-0.2, -0.15) is 5.10 Å². The van der Waals surface area contributed by atoms with Crippen molar-refractivity contribution in [1.29, 1.82) is 0 Å². The summed E-state index contributed by atoms with van der Waals surface area (Å²) in [6.45, 7) is 0. The van der Waals surface area contributed by atoms with Gasteiger partial charge in [0.2, 0.25) is 0 Å². The Morgan fingerprint density at radius 3 is 2.76 bits per heavy atom. The van der Waals surface area contributed by atoms with Gasteiger partial charge in [-0.25, -0.2) is 4.68 Å². The van der Waals surface area contributed by atoms with Crippen LogP contribution in [-0.4, -0.2) is 16.8 Å². The van der Waals surface area contributed by atoms with E-state index in [2.05, 4.69) is 29.6 Å². The molecule has 0 fully saturated rings. The maximum atomic E-state index is 4.77. The summed E-state index contributed by atoms with van der Waals surface area (Å²) >= 11 is 0. The maximum absolute atomic E-state index is 4.77. The quantitative estimate of drug-likeness (QED) is 0.858. The minimum absolute atomic E-state index is 0.244. The van der Waals surface area contributed by atoms with Crippen LogP contribution >= 0.6 is 0 Å². The van der Waals surface area contributed by atoms with Crippen molar-refractivity contribution in [2.75, 3.05) is 7.05 Å². The Balaban J connectivity index is 1.85. The first-order valence-corrected chi connectivity index (χ1v) is 7.85. The number of benzene rings is 1. The average molecular weight is 281 g/mol. The van der Waals surface area contributed by atoms with E-state index in [-0.39, 0.29) is 6.04 Å². The summed E-state index contributed by atoms with van der Waals surface area (Å²) in [7, 11) is 2.03. The number of hydrogen-bond donors (Lipinski definition) is 1. The van der Waals surface area contributed by atoms with Gasteiger partial charge in [0.1, 0.15) is 0 Å². The van der Waals surface area contributed by atoms with Gasteiger partial charge in [0.25, 0.3) is 0 Å². The van der Waals surface area contributed by atoms with Crippen molar-refractivity contribution >= 4 is 0 Å². The van der Waals surface area contributed by atoms with E-state index in [9.17, 15) is 0 Å². The fourth-order valence-electron chi connectivity index (χ4n) is 3.04. The van der Waals surface area contributed by atoms with Gasteiger partial charge in [-0.15, -0.1) is 0 Å². The van der Waals surface area contributed by atoms with E-state index in [0.29, 0.717) is 0 Å². The summed E-state index contributed by atoms with van der Waals surface area (Å²) in [6, 6.07) is 12.6. The molecule has 0 saturated heterocycles. The van der Waals surface area contributed by atoms with Gasteiger partial charge < -0.3 is 5.32 Å². The van der Waals surface area contributed by atoms with Crippen LogP contribution < -0.4 is 5.32 Å². The third-order valence-corrected chi connectivity index (χ3v) is 4.16. The number of likely N-dealkylation sites (N-methyl/N-ethyl adjacent to an activating group) is 1. The zero-order valence-electron chi connectivity index (χ0n) is 12.6. The topological polar surface area (TPSA) is 29.9 Å². The molecular formula is C18H23N3. The molecule has 1 aromatic carbocycles. The second kappa shape index (κ2) is 6.72. The van der Waals surface area contributed by atoms with Crippen molar-refractivity contribution in [1.82, 2.24) is 15.1 Å². The van der Waals surface area contributed by atoms with Crippen LogP contribution in [0.5, 0.6) is 0 Å². The van der Waals surface area contributed by atoms with E-state index >= 15 is 0 Å². The number of para-hydroxylation sites is 1. The molecule has 0 aliphatic heterocycles. The third kappa shape index (κ3) is 3.24. The molecule has 1 atom stereocenters. The van der Waals surface area contributed by atoms with Crippen LogP contribution in [0.2, 0.25) is 0 Å². The second-order valence-electron chi connectivity index (χ2n) is 5.62. The van der Waals surface area contributed by atoms with E-state index in [1.807, 2.05) is 36.1 Å². The molecule has 1 aliphatic rings. The highest BCUT2D eigenvalue weighted by molar-refractivity contribution is 5.32. The molecule has 1 unspecified atom stereocenters. The molecule has 0 radical (unpaired) electrons. The predicted molar refractivity (Wildman–Crippen MR) is 86.5 cm³/mol. The monoisotopic (exact) mass is 281 g/mol. The Labute approximate surface area is 126 Å². The van der Waals surface area contributed by atoms with Crippen LogP contribution in [0.15, 0.2) is 54.2 Å². The molecule has 3 rings (SSSR count). The van der Waals surface area contributed by atoms with Crippen LogP contribution in [0.25, 0.3) is 5.69 Å². The molecule has 2 aromatic rings. The smallest absolute Gasteiger partial charge is 0.0840 e. The van der Waals surface area contributed by atoms with Gasteiger partial charge in [0, 0.05) is 6.20 Å². The lowest BCUT2D eigenvalue weighted by Crippen LogP contribution is -2.19. The molecule has 1 heterocycles. The molecule has 3 heteroatoms. The van der Waals surface area contributed by atoms with E-state index in [4.69, 9.17) is 5.10 Å². The van der Waals surface area contributed by atoms with E-state index in [1.54, 1.807) is 0 Å². The maximum Gasteiger partial charge on any atom is 0.0840 e. The third-order valence-electron chi connectivity index (χ3n) is 4.16. The number of rotatable bonds is 4. The largest absolute Gasteiger partial charge is 0.308 e. The Hall–Kier alpha value is -1.87. The average Bonchev–Trinajstić information content (AvgIpc) is 2.86. The second-order valence-corrected chi connectivity index (χ2v) is 5.62. The van der Waals surface area contributed by atoms with Crippen LogP contribution in [0, 0.1) is 0 Å². The van der Waals surface area contributed by atoms with Crippen molar-refractivity contribution in [3.63, 3.8) is 0 Å². The normalized spacial score (nSPS) is 17.1. The van der Waals surface area contributed by atoms with Gasteiger partial charge in [-0.1, -0.05) is 36.3 Å². The molecule has 21 heavy (non-hydrogen) atoms. The molecule has 0 bridgehead atoms. The molecule has 1 aliphatic carbocycles. The van der Waals surface area contributed by atoms with E-state index in [1.165, 1.54) is 37.7 Å². The fourth-order valence-corrected chi connectivity index (χ4v) is 3.04. The van der Waals surface area contributed by atoms with Crippen molar-refractivity contribution in [2.45, 2.75) is 38.1 Å². The van der Waals surface area contributed by atoms with E-state index < -0.39 is 0 Å². The first kappa shape index (κ1) is 14.1. The standard InChI is InChI=1S/C18H23N3/c1-19-18(15-9-5-2-3-6-10-15)17-13-14-21(20-17)16-11-7-4-8-12-16/h4,7-9,11-14,18-19H,2-3,5-6,10H2,1H3. The summed E-state index contributed by atoms with van der Waals surface area (Å²) in [5.74, 6) is 0. The summed E-state index contributed by atoms with van der Waals surface area (Å²) < 4.78 is 1.96. The Bertz CT molecular complexity index is 598. The van der Waals surface area contributed by atoms with Crippen molar-refractivity contribution in [3.8, 4) is 5.69 Å². The minimum atomic E-state index is 0.244. The number of nitrogens with zero attached hydrogens (tertiary/aromatic N) is 2. The number of aromatic nitrogens is 2. The fraction of sp³-hybridized carbons (Fsp3) is 0.389. The lowest BCUT2D eigenvalue weighted by Gasteiger charge is -2.17. The lowest BCUT2D eigenvalue weighted by molar-refractivity contribution is 0.608. The minimum Gasteiger partial charge on any atom is -0.308 e. The van der Waals surface area contributed by atoms with Crippen LogP contribution in [0.1, 0.15) is 43.8 Å². The Kier molecular flexibility index (Phi) is 4.51. The predicted octanol–water partition coefficient (Wildman–Crippen LogP) is 4.02. The molecule has 110 valence electrons. The zero-order chi connectivity index (χ0) is 14.5. The first-order chi connectivity index (χ1) is 10.4. The molecule has 1 N–H and O–H groups in total. The summed E-state index contributed by atoms with van der Waals surface area (Å²) in [6.07, 6.45) is 10.8. The molecular weight excluding hydrogens is 258 g/mol. The molecule has 0 spiro atoms. The summed E-state index contributed by atoms with van der Waals surface area (Å²) in [4.78, 5) is 0. The van der Waals surface area contributed by atoms with E-state index in [0.717, 1.165) is 11.4 Å². The van der Waals surface area contributed by atoms with Gasteiger partial charge in [-0.3, -0.25) is 0 Å². The molecule has 0 saturated carbocycles. The van der Waals surface area contributed by atoms with Crippen LogP contribution in [-0.2, 0) is 0 Å². The Morgan fingerprint density at radius 2 is 1.95 bits per heavy atom. The van der Waals surface area contributed by atoms with Gasteiger partial charge >= 0.3 is 0 Å². The van der Waals surface area contributed by atoms with Crippen molar-refractivity contribution < 1.29 is 0 Å². The molecule has 1 aromatic heterocycles. The Morgan fingerprint density at radius 1 is 1.10 bits per heavy atom. The van der Waals surface area contributed by atoms with Gasteiger partial charge in [-0.05, 0) is 50.9 Å². The number of nitrogens with one attached hydrogen (secondary N) is 1. The number of allylic oxidation sites excluding steroid dienone is 1. The first-order valence-electron chi connectivity index (χ1n) is 7.85. The molecule has 3 nitrogen and oxygen atoms in total. The summed E-state index contributed by atoms with van der Waals surface area (Å²) in [5, 5.41) is 8.21. The zero-order valence-corrected chi connectivity index (χ0v) is 12.6. The van der Waals surface area contributed by atoms with Crippen molar-refractivity contribution in [2.24, 2.45) is 0 Å². The highest BCUT2D eigenvalue weighted by Crippen LogP contribution is 2.28. The highest BCUT2D eigenvalue weighted by atomic mass is 15.3. The SMILES string of the molecule is CNC(C1=CCCCCC1)c1ccn(-c2ccccc2)n1. The van der Waals surface area contributed by atoms with Crippen LogP contribution in [0.4, 0.5) is 0 Å². The number of hydrogen-bond acceptors (Lipinski definition) is 2. The van der Waals surface area contributed by atoms with Crippen molar-refractivity contribution in [3.05, 3.63) is 59.9 Å². The van der Waals surface area contributed by atoms with Gasteiger partial charge in [0.05, 0.1) is 17.4 Å². The van der Waals surface area contributed by atoms with Crippen LogP contribution in [0.3, 0.4) is 0 Å². The molecule has 0 amide bonds.